The van der Waals surface area contributed by atoms with Crippen LogP contribution in [-0.4, -0.2) is 43.3 Å². The van der Waals surface area contributed by atoms with Crippen LogP contribution in [0.25, 0.3) is 0 Å². The lowest BCUT2D eigenvalue weighted by Crippen LogP contribution is -2.29. The molecular weight excluding hydrogens is 635 g/mol. The lowest BCUT2D eigenvalue weighted by atomic mass is 10.0. The number of carbonyl (C=O) groups excluding carboxylic acids is 1. The number of hydrogen-bond acceptors (Lipinski definition) is 5. The van der Waals surface area contributed by atoms with E-state index < -0.39 is 5.97 Å². The molecular formula is C38H42Cl2N2O5. The summed E-state index contributed by atoms with van der Waals surface area (Å²) in [6.45, 7) is 8.81. The standard InChI is InChI=1S/C19H20ClNO2.C11H15N.C8H7ClO3/c1-19(2)16(12-7-5-4-6-8-12)17(19)21-18(22)14-11-13(20)9-10-15(14)23-3;1-11(2)9(10(11)12)8-6-4-3-5-7-8;1-12-7-3-2-5(9)4-6(7)8(10)11/h4-11,16-17H,1-3H3,(H,21,22);3-7,9-10H,12H2,1-2H3;2-4H,1H3,(H,10,11)/t16-,17-;9-,10-;/m11./s1. The fourth-order valence-electron chi connectivity index (χ4n) is 6.09. The molecule has 0 aliphatic heterocycles. The molecule has 248 valence electrons. The summed E-state index contributed by atoms with van der Waals surface area (Å²) in [7, 11) is 2.96. The van der Waals surface area contributed by atoms with Gasteiger partial charge >= 0.3 is 5.97 Å². The summed E-state index contributed by atoms with van der Waals surface area (Å²) in [5.74, 6) is 0.528. The number of methoxy groups -OCH3 is 2. The number of carboxylic acid groups (broad SMARTS) is 1. The van der Waals surface area contributed by atoms with Crippen LogP contribution < -0.4 is 20.5 Å². The fourth-order valence-corrected chi connectivity index (χ4v) is 6.43. The number of nitrogens with two attached hydrogens (primary N) is 1. The van der Waals surface area contributed by atoms with Gasteiger partial charge in [-0.15, -0.1) is 0 Å². The minimum Gasteiger partial charge on any atom is -0.496 e. The van der Waals surface area contributed by atoms with Crippen LogP contribution in [0.4, 0.5) is 0 Å². The molecule has 4 aromatic rings. The number of hydrogen-bond donors (Lipinski definition) is 3. The maximum Gasteiger partial charge on any atom is 0.339 e. The molecule has 1 amide bonds. The largest absolute Gasteiger partial charge is 0.496 e. The van der Waals surface area contributed by atoms with Crippen LogP contribution in [0.1, 0.15) is 71.4 Å². The molecule has 0 heterocycles. The Morgan fingerprint density at radius 1 is 0.702 bits per heavy atom. The van der Waals surface area contributed by atoms with Gasteiger partial charge < -0.3 is 25.6 Å². The number of aromatic carboxylic acids is 1. The summed E-state index contributed by atoms with van der Waals surface area (Å²) >= 11 is 11.6. The van der Waals surface area contributed by atoms with E-state index in [1.807, 2.05) is 24.3 Å². The predicted molar refractivity (Wildman–Crippen MR) is 188 cm³/mol. The van der Waals surface area contributed by atoms with Gasteiger partial charge in [-0.25, -0.2) is 4.79 Å². The predicted octanol–water partition coefficient (Wildman–Crippen LogP) is 8.45. The minimum absolute atomic E-state index is 0.0306. The van der Waals surface area contributed by atoms with Gasteiger partial charge in [0.05, 0.1) is 19.8 Å². The molecule has 0 aromatic heterocycles. The molecule has 2 aliphatic rings. The average Bonchev–Trinajstić information content (AvgIpc) is 3.81. The van der Waals surface area contributed by atoms with Gasteiger partial charge in [-0.2, -0.15) is 0 Å². The van der Waals surface area contributed by atoms with Crippen molar-refractivity contribution in [3.8, 4) is 11.5 Å². The molecule has 7 nitrogen and oxygen atoms in total. The van der Waals surface area contributed by atoms with Crippen LogP contribution in [-0.2, 0) is 0 Å². The van der Waals surface area contributed by atoms with Crippen molar-refractivity contribution in [2.24, 2.45) is 16.6 Å². The first-order valence-electron chi connectivity index (χ1n) is 15.3. The molecule has 2 aliphatic carbocycles. The van der Waals surface area contributed by atoms with Crippen molar-refractivity contribution < 1.29 is 24.2 Å². The van der Waals surface area contributed by atoms with E-state index in [9.17, 15) is 9.59 Å². The van der Waals surface area contributed by atoms with Crippen molar-refractivity contribution in [3.63, 3.8) is 0 Å². The molecule has 0 saturated heterocycles. The quantitative estimate of drug-likeness (QED) is 0.181. The molecule has 0 unspecified atom stereocenters. The number of nitrogens with one attached hydrogen (secondary N) is 1. The van der Waals surface area contributed by atoms with Crippen LogP contribution in [0.3, 0.4) is 0 Å². The van der Waals surface area contributed by atoms with Gasteiger partial charge in [0.2, 0.25) is 0 Å². The highest BCUT2D eigenvalue weighted by atomic mass is 35.5. The maximum absolute atomic E-state index is 12.6. The number of benzene rings is 4. The number of rotatable bonds is 7. The maximum atomic E-state index is 12.6. The summed E-state index contributed by atoms with van der Waals surface area (Å²) in [4.78, 5) is 23.2. The number of carbonyl (C=O) groups is 2. The Balaban J connectivity index is 0.000000176. The highest BCUT2D eigenvalue weighted by molar-refractivity contribution is 6.31. The second kappa shape index (κ2) is 14.8. The Hall–Kier alpha value is -4.04. The zero-order chi connectivity index (χ0) is 34.5. The number of carboxylic acids is 1. The van der Waals surface area contributed by atoms with E-state index in [1.54, 1.807) is 31.4 Å². The normalized spacial score (nSPS) is 21.0. The molecule has 2 saturated carbocycles. The zero-order valence-corrected chi connectivity index (χ0v) is 29.0. The van der Waals surface area contributed by atoms with Crippen molar-refractivity contribution in [3.05, 3.63) is 129 Å². The van der Waals surface area contributed by atoms with E-state index in [4.69, 9.17) is 43.5 Å². The highest BCUT2D eigenvalue weighted by Gasteiger charge is 2.59. The second-order valence-electron chi connectivity index (χ2n) is 12.9. The van der Waals surface area contributed by atoms with Crippen molar-refractivity contribution in [2.45, 2.75) is 51.6 Å². The SMILES string of the molecule is CC1(C)[C@H](N)[C@H]1c1ccccc1.COc1ccc(Cl)cc1C(=O)N[C@@H]1[C@@H](c2ccccc2)C1(C)C.COc1ccc(Cl)cc1C(=O)O. The van der Waals surface area contributed by atoms with Gasteiger partial charge in [0, 0.05) is 34.0 Å². The van der Waals surface area contributed by atoms with E-state index >= 15 is 0 Å². The van der Waals surface area contributed by atoms with Gasteiger partial charge in [0.25, 0.3) is 5.91 Å². The molecule has 0 bridgehead atoms. The Morgan fingerprint density at radius 3 is 1.55 bits per heavy atom. The van der Waals surface area contributed by atoms with Crippen LogP contribution in [0, 0.1) is 10.8 Å². The number of halogens is 2. The summed E-state index contributed by atoms with van der Waals surface area (Å²) in [6, 6.07) is 30.8. The first-order chi connectivity index (χ1) is 22.2. The summed E-state index contributed by atoms with van der Waals surface area (Å²) in [5, 5.41) is 12.7. The highest BCUT2D eigenvalue weighted by Crippen LogP contribution is 2.59. The van der Waals surface area contributed by atoms with Crippen molar-refractivity contribution in [1.82, 2.24) is 5.32 Å². The third-order valence-corrected chi connectivity index (χ3v) is 9.61. The van der Waals surface area contributed by atoms with E-state index in [2.05, 4.69) is 69.4 Å². The van der Waals surface area contributed by atoms with Gasteiger partial charge in [0.1, 0.15) is 17.1 Å². The third kappa shape index (κ3) is 8.28. The van der Waals surface area contributed by atoms with Crippen molar-refractivity contribution in [2.75, 3.05) is 14.2 Å². The van der Waals surface area contributed by atoms with Crippen molar-refractivity contribution >= 4 is 35.1 Å². The molecule has 6 rings (SSSR count). The molecule has 0 radical (unpaired) electrons. The molecule has 4 atom stereocenters. The van der Waals surface area contributed by atoms with Gasteiger partial charge in [-0.3, -0.25) is 4.79 Å². The molecule has 0 spiro atoms. The van der Waals surface area contributed by atoms with Gasteiger partial charge in [-0.1, -0.05) is 112 Å². The fraction of sp³-hybridized carbons (Fsp3) is 0.316. The molecule has 2 fully saturated rings. The number of ether oxygens (including phenoxy) is 2. The zero-order valence-electron chi connectivity index (χ0n) is 27.5. The summed E-state index contributed by atoms with van der Waals surface area (Å²) < 4.78 is 10.1. The minimum atomic E-state index is -1.05. The Bertz CT molecular complexity index is 1700. The van der Waals surface area contributed by atoms with Gasteiger partial charge in [0.15, 0.2) is 0 Å². The van der Waals surface area contributed by atoms with E-state index in [0.29, 0.717) is 50.4 Å². The molecule has 47 heavy (non-hydrogen) atoms. The van der Waals surface area contributed by atoms with Crippen molar-refractivity contribution in [1.29, 1.82) is 0 Å². The summed E-state index contributed by atoms with van der Waals surface area (Å²) in [5.41, 5.74) is 9.49. The Labute approximate surface area is 287 Å². The smallest absolute Gasteiger partial charge is 0.339 e. The van der Waals surface area contributed by atoms with E-state index in [1.165, 1.54) is 30.4 Å². The van der Waals surface area contributed by atoms with Crippen LogP contribution >= 0.6 is 23.2 Å². The van der Waals surface area contributed by atoms with E-state index in [0.717, 1.165) is 0 Å². The van der Waals surface area contributed by atoms with Crippen LogP contribution in [0.5, 0.6) is 11.5 Å². The monoisotopic (exact) mass is 676 g/mol. The van der Waals surface area contributed by atoms with Crippen LogP contribution in [0.15, 0.2) is 97.1 Å². The topological polar surface area (TPSA) is 111 Å². The molecule has 4 N–H and O–H groups in total. The second-order valence-corrected chi connectivity index (χ2v) is 13.8. The summed E-state index contributed by atoms with van der Waals surface area (Å²) in [6.07, 6.45) is 0. The van der Waals surface area contributed by atoms with E-state index in [-0.39, 0.29) is 22.9 Å². The van der Waals surface area contributed by atoms with Gasteiger partial charge in [-0.05, 0) is 58.4 Å². The van der Waals surface area contributed by atoms with Crippen LogP contribution in [0.2, 0.25) is 10.0 Å². The number of amides is 1. The Kier molecular flexibility index (Phi) is 11.3. The molecule has 4 aromatic carbocycles. The lowest BCUT2D eigenvalue weighted by Gasteiger charge is -2.10. The molecule has 9 heteroatoms. The first-order valence-corrected chi connectivity index (χ1v) is 16.1. The third-order valence-electron chi connectivity index (χ3n) is 9.14. The Morgan fingerprint density at radius 2 is 1.13 bits per heavy atom. The lowest BCUT2D eigenvalue weighted by molar-refractivity contribution is 0.0693. The first kappa shape index (κ1) is 35.8. The average molecular weight is 678 g/mol.